The van der Waals surface area contributed by atoms with Gasteiger partial charge in [0, 0.05) is 0 Å². The number of aliphatic hydroxyl groups is 1. The zero-order chi connectivity index (χ0) is 15.2. The van der Waals surface area contributed by atoms with Gasteiger partial charge in [0.05, 0.1) is 17.6 Å². The highest BCUT2D eigenvalue weighted by atomic mass is 32.2. The van der Waals surface area contributed by atoms with Gasteiger partial charge in [-0.25, -0.2) is 12.8 Å². The number of sulfonamides is 1. The Morgan fingerprint density at radius 1 is 1.50 bits per heavy atom. The van der Waals surface area contributed by atoms with Crippen molar-refractivity contribution in [3.8, 4) is 11.8 Å². The summed E-state index contributed by atoms with van der Waals surface area (Å²) in [5.41, 5.74) is -0.0361. The number of esters is 1. The summed E-state index contributed by atoms with van der Waals surface area (Å²) in [7, 11) is -2.90. The molecule has 0 bridgehead atoms. The summed E-state index contributed by atoms with van der Waals surface area (Å²) >= 11 is 0. The van der Waals surface area contributed by atoms with Crippen LogP contribution in [0.4, 0.5) is 4.39 Å². The van der Waals surface area contributed by atoms with E-state index < -0.39 is 35.0 Å². The van der Waals surface area contributed by atoms with Gasteiger partial charge in [-0.3, -0.25) is 4.79 Å². The molecule has 0 atom stereocenters. The number of benzene rings is 1. The fourth-order valence-corrected chi connectivity index (χ4v) is 2.19. The monoisotopic (exact) mass is 301 g/mol. The molecule has 0 saturated carbocycles. The van der Waals surface area contributed by atoms with Crippen LogP contribution in [0.5, 0.6) is 0 Å². The van der Waals surface area contributed by atoms with E-state index in [1.807, 2.05) is 4.72 Å². The molecule has 0 radical (unpaired) electrons. The predicted molar refractivity (Wildman–Crippen MR) is 67.6 cm³/mol. The minimum Gasteiger partial charge on any atom is -0.468 e. The molecule has 108 valence electrons. The number of methoxy groups -OCH3 is 1. The largest absolute Gasteiger partial charge is 0.468 e. The molecule has 0 heterocycles. The number of halogens is 1. The Balaban J connectivity index is 2.97. The highest BCUT2D eigenvalue weighted by Gasteiger charge is 2.17. The molecule has 0 aromatic heterocycles. The molecular formula is C12H12FNO5S. The molecule has 1 rings (SSSR count). The van der Waals surface area contributed by atoms with Gasteiger partial charge in [-0.15, -0.1) is 0 Å². The molecule has 0 aliphatic carbocycles. The van der Waals surface area contributed by atoms with Crippen LogP contribution in [0.2, 0.25) is 0 Å². The smallest absolute Gasteiger partial charge is 0.320 e. The second-order valence-electron chi connectivity index (χ2n) is 3.50. The third kappa shape index (κ3) is 4.31. The van der Waals surface area contributed by atoms with Crippen LogP contribution in [0.1, 0.15) is 5.56 Å². The van der Waals surface area contributed by atoms with Crippen LogP contribution in [-0.4, -0.2) is 39.8 Å². The Labute approximate surface area is 115 Å². The molecule has 2 N–H and O–H groups in total. The van der Waals surface area contributed by atoms with Gasteiger partial charge in [0.1, 0.15) is 19.0 Å². The molecule has 20 heavy (non-hydrogen) atoms. The standard InChI is InChI=1S/C12H12FNO5S/c1-19-12(16)8-14-20(17,18)10-5-4-9(3-2-6-15)11(13)7-10/h4-5,7,14-15H,6,8H2,1H3. The van der Waals surface area contributed by atoms with Crippen molar-refractivity contribution in [1.29, 1.82) is 0 Å². The van der Waals surface area contributed by atoms with Crippen molar-refractivity contribution in [1.82, 2.24) is 4.72 Å². The van der Waals surface area contributed by atoms with Gasteiger partial charge in [-0.05, 0) is 18.2 Å². The second kappa shape index (κ2) is 7.00. The maximum atomic E-state index is 13.6. The molecule has 0 aliphatic heterocycles. The van der Waals surface area contributed by atoms with Crippen molar-refractivity contribution in [2.24, 2.45) is 0 Å². The first kappa shape index (κ1) is 16.1. The van der Waals surface area contributed by atoms with Crippen LogP contribution in [0.3, 0.4) is 0 Å². The summed E-state index contributed by atoms with van der Waals surface area (Å²) in [6, 6.07) is 3.09. The third-order valence-electron chi connectivity index (χ3n) is 2.19. The van der Waals surface area contributed by atoms with Crippen molar-refractivity contribution in [3.63, 3.8) is 0 Å². The Morgan fingerprint density at radius 3 is 2.75 bits per heavy atom. The summed E-state index contributed by atoms with van der Waals surface area (Å²) < 4.78 is 43.4. The lowest BCUT2D eigenvalue weighted by molar-refractivity contribution is -0.139. The van der Waals surface area contributed by atoms with Crippen LogP contribution in [0.25, 0.3) is 0 Å². The molecule has 8 heteroatoms. The molecule has 0 aliphatic rings. The molecule has 1 aromatic carbocycles. The van der Waals surface area contributed by atoms with E-state index in [-0.39, 0.29) is 10.5 Å². The maximum absolute atomic E-state index is 13.6. The highest BCUT2D eigenvalue weighted by Crippen LogP contribution is 2.14. The van der Waals surface area contributed by atoms with E-state index in [9.17, 15) is 17.6 Å². The van der Waals surface area contributed by atoms with E-state index in [4.69, 9.17) is 5.11 Å². The number of hydrogen-bond acceptors (Lipinski definition) is 5. The lowest BCUT2D eigenvalue weighted by atomic mass is 10.2. The van der Waals surface area contributed by atoms with Gasteiger partial charge in [0.25, 0.3) is 0 Å². The molecule has 6 nitrogen and oxygen atoms in total. The molecule has 0 fully saturated rings. The number of hydrogen-bond donors (Lipinski definition) is 2. The van der Waals surface area contributed by atoms with Gasteiger partial charge in [-0.2, -0.15) is 4.72 Å². The number of ether oxygens (including phenoxy) is 1. The number of carbonyl (C=O) groups is 1. The second-order valence-corrected chi connectivity index (χ2v) is 5.27. The fraction of sp³-hybridized carbons (Fsp3) is 0.250. The summed E-state index contributed by atoms with van der Waals surface area (Å²) in [4.78, 5) is 10.5. The van der Waals surface area contributed by atoms with Crippen molar-refractivity contribution in [3.05, 3.63) is 29.6 Å². The Bertz CT molecular complexity index is 660. The third-order valence-corrected chi connectivity index (χ3v) is 3.59. The van der Waals surface area contributed by atoms with E-state index in [2.05, 4.69) is 16.6 Å². The summed E-state index contributed by atoms with van der Waals surface area (Å²) in [5, 5.41) is 8.50. The number of aliphatic hydroxyl groups excluding tert-OH is 1. The first-order valence-corrected chi connectivity index (χ1v) is 6.85. The number of rotatable bonds is 4. The lowest BCUT2D eigenvalue weighted by Crippen LogP contribution is -2.30. The van der Waals surface area contributed by atoms with E-state index in [0.717, 1.165) is 19.2 Å². The van der Waals surface area contributed by atoms with Crippen LogP contribution in [0.15, 0.2) is 23.1 Å². The van der Waals surface area contributed by atoms with Crippen LogP contribution >= 0.6 is 0 Å². The molecule has 0 saturated heterocycles. The number of carbonyl (C=O) groups excluding carboxylic acids is 1. The quantitative estimate of drug-likeness (QED) is 0.584. The maximum Gasteiger partial charge on any atom is 0.320 e. The highest BCUT2D eigenvalue weighted by molar-refractivity contribution is 7.89. The summed E-state index contributed by atoms with van der Waals surface area (Å²) in [6.45, 7) is -0.979. The molecule has 0 unspecified atom stereocenters. The van der Waals surface area contributed by atoms with Gasteiger partial charge >= 0.3 is 5.97 Å². The SMILES string of the molecule is COC(=O)CNS(=O)(=O)c1ccc(C#CCO)c(F)c1. The molecule has 0 amide bonds. The predicted octanol–water partition coefficient (Wildman–Crippen LogP) is -0.379. The minimum absolute atomic E-state index is 0.0361. The molecule has 0 spiro atoms. The average Bonchev–Trinajstić information content (AvgIpc) is 2.43. The van der Waals surface area contributed by atoms with Crippen molar-refractivity contribution < 1.29 is 27.4 Å². The van der Waals surface area contributed by atoms with Crippen molar-refractivity contribution >= 4 is 16.0 Å². The normalized spacial score (nSPS) is 10.6. The van der Waals surface area contributed by atoms with Gasteiger partial charge in [-0.1, -0.05) is 11.8 Å². The average molecular weight is 301 g/mol. The zero-order valence-electron chi connectivity index (χ0n) is 10.5. The van der Waals surface area contributed by atoms with Crippen LogP contribution in [-0.2, 0) is 19.6 Å². The Morgan fingerprint density at radius 2 is 2.20 bits per heavy atom. The lowest BCUT2D eigenvalue weighted by Gasteiger charge is -2.06. The minimum atomic E-state index is -4.01. The van der Waals surface area contributed by atoms with Gasteiger partial charge in [0.2, 0.25) is 10.0 Å². The van der Waals surface area contributed by atoms with Crippen molar-refractivity contribution in [2.75, 3.05) is 20.3 Å². The van der Waals surface area contributed by atoms with Crippen LogP contribution in [0, 0.1) is 17.7 Å². The topological polar surface area (TPSA) is 92.7 Å². The first-order valence-electron chi connectivity index (χ1n) is 5.36. The molecule has 1 aromatic rings. The Kier molecular flexibility index (Phi) is 5.64. The van der Waals surface area contributed by atoms with Crippen molar-refractivity contribution in [2.45, 2.75) is 4.90 Å². The summed E-state index contributed by atoms with van der Waals surface area (Å²) in [6.07, 6.45) is 0. The fourth-order valence-electron chi connectivity index (χ4n) is 1.21. The van der Waals surface area contributed by atoms with E-state index >= 15 is 0 Å². The Hall–Kier alpha value is -1.95. The van der Waals surface area contributed by atoms with Gasteiger partial charge < -0.3 is 9.84 Å². The van der Waals surface area contributed by atoms with E-state index in [1.54, 1.807) is 0 Å². The number of nitrogens with one attached hydrogen (secondary N) is 1. The first-order chi connectivity index (χ1) is 9.40. The summed E-state index contributed by atoms with van der Waals surface area (Å²) in [5.74, 6) is 2.98. The van der Waals surface area contributed by atoms with Gasteiger partial charge in [0.15, 0.2) is 0 Å². The van der Waals surface area contributed by atoms with E-state index in [1.165, 1.54) is 6.07 Å². The molecular weight excluding hydrogens is 289 g/mol. The van der Waals surface area contributed by atoms with E-state index in [0.29, 0.717) is 0 Å². The zero-order valence-corrected chi connectivity index (χ0v) is 11.3. The van der Waals surface area contributed by atoms with Crippen LogP contribution < -0.4 is 4.72 Å².